The van der Waals surface area contributed by atoms with Crippen molar-refractivity contribution in [1.29, 1.82) is 0 Å². The first-order valence-corrected chi connectivity index (χ1v) is 12.7. The molecule has 1 amide bonds. The molecule has 2 N–H and O–H groups in total. The Hall–Kier alpha value is -4.23. The van der Waals surface area contributed by atoms with Crippen LogP contribution in [0.3, 0.4) is 0 Å². The predicted octanol–water partition coefficient (Wildman–Crippen LogP) is 5.53. The molecule has 7 heteroatoms. The summed E-state index contributed by atoms with van der Waals surface area (Å²) >= 11 is 0. The number of nitrogens with one attached hydrogen (secondary N) is 2. The molecule has 0 spiro atoms. The van der Waals surface area contributed by atoms with Gasteiger partial charge < -0.3 is 14.8 Å². The lowest BCUT2D eigenvalue weighted by atomic mass is 9.76. The van der Waals surface area contributed by atoms with E-state index in [0.29, 0.717) is 17.2 Å². The van der Waals surface area contributed by atoms with Gasteiger partial charge in [-0.05, 0) is 65.8 Å². The van der Waals surface area contributed by atoms with Crippen LogP contribution in [0.1, 0.15) is 64.0 Å². The summed E-state index contributed by atoms with van der Waals surface area (Å²) in [6.07, 6.45) is 4.75. The number of amides is 1. The Morgan fingerprint density at radius 1 is 1.00 bits per heavy atom. The SMILES string of the molecule is COC(=O)c1ccc([C@@H]2Nc3ccc(/C(C)=N\NC(=O)[C@@H](OC)c4ccccc4)cc3[C@H]3C=CC[C@@H]32)cc1. The summed E-state index contributed by atoms with van der Waals surface area (Å²) in [5.74, 6) is -0.0446. The van der Waals surface area contributed by atoms with E-state index in [-0.39, 0.29) is 23.8 Å². The summed E-state index contributed by atoms with van der Waals surface area (Å²) in [5, 5.41) is 8.10. The van der Waals surface area contributed by atoms with Crippen LogP contribution in [-0.4, -0.2) is 31.8 Å². The van der Waals surface area contributed by atoms with Crippen molar-refractivity contribution < 1.29 is 19.1 Å². The van der Waals surface area contributed by atoms with E-state index in [1.807, 2.05) is 67.6 Å². The normalized spacial score (nSPS) is 20.6. The molecule has 1 heterocycles. The van der Waals surface area contributed by atoms with Gasteiger partial charge in [0, 0.05) is 18.7 Å². The molecule has 0 unspecified atom stereocenters. The number of rotatable bonds is 7. The summed E-state index contributed by atoms with van der Waals surface area (Å²) < 4.78 is 10.2. The molecule has 5 rings (SSSR count). The second kappa shape index (κ2) is 11.0. The number of carbonyl (C=O) groups is 2. The second-order valence-electron chi connectivity index (χ2n) is 9.59. The van der Waals surface area contributed by atoms with E-state index in [2.05, 4.69) is 40.1 Å². The molecule has 2 aliphatic rings. The van der Waals surface area contributed by atoms with E-state index in [4.69, 9.17) is 9.47 Å². The lowest BCUT2D eigenvalue weighted by Gasteiger charge is -2.37. The molecule has 4 atom stereocenters. The fourth-order valence-corrected chi connectivity index (χ4v) is 5.38. The number of anilines is 1. The molecule has 1 aliphatic carbocycles. The molecule has 7 nitrogen and oxygen atoms in total. The van der Waals surface area contributed by atoms with Gasteiger partial charge in [-0.2, -0.15) is 5.10 Å². The average molecular weight is 510 g/mol. The topological polar surface area (TPSA) is 89.0 Å². The van der Waals surface area contributed by atoms with Crippen molar-refractivity contribution >= 4 is 23.3 Å². The minimum Gasteiger partial charge on any atom is -0.465 e. The molecular weight excluding hydrogens is 478 g/mol. The molecule has 0 fully saturated rings. The van der Waals surface area contributed by atoms with Gasteiger partial charge in [-0.1, -0.05) is 60.7 Å². The Kier molecular flexibility index (Phi) is 7.38. The highest BCUT2D eigenvalue weighted by atomic mass is 16.5. The number of esters is 1. The number of fused-ring (bicyclic) bond motifs is 3. The number of hydrazone groups is 1. The minimum atomic E-state index is -0.733. The third-order valence-corrected chi connectivity index (χ3v) is 7.38. The van der Waals surface area contributed by atoms with Gasteiger partial charge in [0.25, 0.3) is 5.91 Å². The van der Waals surface area contributed by atoms with Crippen molar-refractivity contribution in [3.8, 4) is 0 Å². The molecule has 0 radical (unpaired) electrons. The zero-order valence-corrected chi connectivity index (χ0v) is 21.7. The van der Waals surface area contributed by atoms with E-state index in [1.165, 1.54) is 19.8 Å². The maximum atomic E-state index is 12.8. The lowest BCUT2D eigenvalue weighted by Crippen LogP contribution is -2.29. The van der Waals surface area contributed by atoms with Gasteiger partial charge in [0.1, 0.15) is 0 Å². The molecule has 0 saturated carbocycles. The Morgan fingerprint density at radius 3 is 2.45 bits per heavy atom. The second-order valence-corrected chi connectivity index (χ2v) is 9.59. The number of allylic oxidation sites excluding steroid dienone is 2. The van der Waals surface area contributed by atoms with Crippen LogP contribution < -0.4 is 10.7 Å². The average Bonchev–Trinajstić information content (AvgIpc) is 3.46. The van der Waals surface area contributed by atoms with Crippen LogP contribution in [0.15, 0.2) is 90.0 Å². The number of benzene rings is 3. The van der Waals surface area contributed by atoms with Crippen molar-refractivity contribution in [1.82, 2.24) is 5.43 Å². The van der Waals surface area contributed by atoms with E-state index in [0.717, 1.165) is 28.8 Å². The largest absolute Gasteiger partial charge is 0.465 e. The summed E-state index contributed by atoms with van der Waals surface area (Å²) in [7, 11) is 2.90. The number of ether oxygens (including phenoxy) is 2. The molecule has 3 aromatic carbocycles. The summed E-state index contributed by atoms with van der Waals surface area (Å²) in [6.45, 7) is 1.89. The Bertz CT molecular complexity index is 1380. The van der Waals surface area contributed by atoms with Crippen LogP contribution in [0.4, 0.5) is 5.69 Å². The summed E-state index contributed by atoms with van der Waals surface area (Å²) in [5.41, 5.74) is 9.05. The van der Waals surface area contributed by atoms with Gasteiger partial charge in [0.15, 0.2) is 6.10 Å². The zero-order valence-electron chi connectivity index (χ0n) is 21.7. The minimum absolute atomic E-state index is 0.123. The van der Waals surface area contributed by atoms with Gasteiger partial charge in [0.2, 0.25) is 0 Å². The zero-order chi connectivity index (χ0) is 26.6. The Balaban J connectivity index is 1.35. The quantitative estimate of drug-likeness (QED) is 0.189. The molecular formula is C31H31N3O4. The molecule has 194 valence electrons. The first kappa shape index (κ1) is 25.4. The maximum Gasteiger partial charge on any atom is 0.337 e. The number of carbonyl (C=O) groups excluding carboxylic acids is 2. The van der Waals surface area contributed by atoms with Gasteiger partial charge in [-0.15, -0.1) is 0 Å². The maximum absolute atomic E-state index is 12.8. The monoisotopic (exact) mass is 509 g/mol. The Labute approximate surface area is 222 Å². The standard InChI is InChI=1S/C31H31N3O4/c1-19(33-34-30(35)29(37-2)21-8-5-4-6-9-21)23-16-17-27-26(18-23)24-10-7-11-25(24)28(32-27)20-12-14-22(15-13-20)31(36)38-3/h4-10,12-18,24-25,28-29,32H,11H2,1-3H3,(H,34,35)/b33-19-/t24-,25-,28-,29-/m0/s1. The first-order valence-electron chi connectivity index (χ1n) is 12.7. The molecule has 3 aromatic rings. The van der Waals surface area contributed by atoms with Gasteiger partial charge in [0.05, 0.1) is 24.4 Å². The Morgan fingerprint density at radius 2 is 1.74 bits per heavy atom. The van der Waals surface area contributed by atoms with Crippen LogP contribution in [-0.2, 0) is 14.3 Å². The number of hydrogen-bond acceptors (Lipinski definition) is 6. The smallest absolute Gasteiger partial charge is 0.337 e. The van der Waals surface area contributed by atoms with Gasteiger partial charge >= 0.3 is 5.97 Å². The predicted molar refractivity (Wildman–Crippen MR) is 147 cm³/mol. The third kappa shape index (κ3) is 4.97. The van der Waals surface area contributed by atoms with Crippen molar-refractivity contribution in [2.45, 2.75) is 31.4 Å². The van der Waals surface area contributed by atoms with E-state index in [1.54, 1.807) is 0 Å². The summed E-state index contributed by atoms with van der Waals surface area (Å²) in [6, 6.07) is 23.4. The number of nitrogens with zero attached hydrogens (tertiary/aromatic N) is 1. The lowest BCUT2D eigenvalue weighted by molar-refractivity contribution is -0.131. The molecule has 0 bridgehead atoms. The molecule has 0 saturated heterocycles. The van der Waals surface area contributed by atoms with E-state index in [9.17, 15) is 9.59 Å². The fourth-order valence-electron chi connectivity index (χ4n) is 5.38. The van der Waals surface area contributed by atoms with E-state index >= 15 is 0 Å². The number of hydrogen-bond donors (Lipinski definition) is 2. The molecule has 1 aliphatic heterocycles. The van der Waals surface area contributed by atoms with Crippen molar-refractivity contribution in [2.24, 2.45) is 11.0 Å². The highest BCUT2D eigenvalue weighted by Gasteiger charge is 2.38. The van der Waals surface area contributed by atoms with Crippen LogP contribution in [0.5, 0.6) is 0 Å². The van der Waals surface area contributed by atoms with Crippen molar-refractivity contribution in [3.63, 3.8) is 0 Å². The molecule has 38 heavy (non-hydrogen) atoms. The highest BCUT2D eigenvalue weighted by molar-refractivity contribution is 6.00. The number of methoxy groups -OCH3 is 2. The summed E-state index contributed by atoms with van der Waals surface area (Å²) in [4.78, 5) is 24.6. The van der Waals surface area contributed by atoms with Crippen LogP contribution >= 0.6 is 0 Å². The third-order valence-electron chi connectivity index (χ3n) is 7.38. The van der Waals surface area contributed by atoms with Crippen molar-refractivity contribution in [2.75, 3.05) is 19.5 Å². The van der Waals surface area contributed by atoms with Gasteiger partial charge in [-0.3, -0.25) is 4.79 Å². The van der Waals surface area contributed by atoms with Gasteiger partial charge in [-0.25, -0.2) is 10.2 Å². The highest BCUT2D eigenvalue weighted by Crippen LogP contribution is 2.50. The first-order chi connectivity index (χ1) is 18.5. The van der Waals surface area contributed by atoms with Crippen LogP contribution in [0.25, 0.3) is 0 Å². The van der Waals surface area contributed by atoms with E-state index < -0.39 is 6.10 Å². The molecule has 0 aromatic heterocycles. The van der Waals surface area contributed by atoms with Crippen LogP contribution in [0.2, 0.25) is 0 Å². The van der Waals surface area contributed by atoms with Crippen molar-refractivity contribution in [3.05, 3.63) is 113 Å². The fraction of sp³-hybridized carbons (Fsp3) is 0.258. The van der Waals surface area contributed by atoms with Crippen LogP contribution in [0, 0.1) is 5.92 Å².